The molecular formula is C18H18BrNO. The number of fused-ring (bicyclic) bond motifs is 1. The molecule has 3 heteroatoms. The summed E-state index contributed by atoms with van der Waals surface area (Å²) in [6.45, 7) is 4.18. The fourth-order valence-electron chi connectivity index (χ4n) is 2.71. The Labute approximate surface area is 133 Å². The van der Waals surface area contributed by atoms with Crippen molar-refractivity contribution in [3.05, 3.63) is 69.4 Å². The second-order valence-electron chi connectivity index (χ2n) is 5.39. The van der Waals surface area contributed by atoms with Crippen LogP contribution in [0.1, 0.15) is 28.5 Å². The molecule has 0 bridgehead atoms. The number of aryl methyl sites for hydroxylation is 2. The van der Waals surface area contributed by atoms with Gasteiger partial charge in [-0.05, 0) is 44.2 Å². The molecule has 2 nitrogen and oxygen atoms in total. The van der Waals surface area contributed by atoms with E-state index in [1.54, 1.807) is 0 Å². The van der Waals surface area contributed by atoms with Crippen LogP contribution >= 0.6 is 15.9 Å². The Kier molecular flexibility index (Phi) is 3.87. The first kappa shape index (κ1) is 14.4. The summed E-state index contributed by atoms with van der Waals surface area (Å²) >= 11 is 3.65. The van der Waals surface area contributed by atoms with Gasteiger partial charge in [0.2, 0.25) is 0 Å². The van der Waals surface area contributed by atoms with Crippen molar-refractivity contribution in [3.8, 4) is 0 Å². The number of hydrogen-bond acceptors (Lipinski definition) is 2. The molecule has 0 spiro atoms. The Bertz CT molecular complexity index is 791. The monoisotopic (exact) mass is 343 g/mol. The Hall–Kier alpha value is -1.58. The van der Waals surface area contributed by atoms with Crippen LogP contribution in [0.25, 0.3) is 11.0 Å². The average Bonchev–Trinajstić information content (AvgIpc) is 2.89. The van der Waals surface area contributed by atoms with E-state index >= 15 is 0 Å². The van der Waals surface area contributed by atoms with Gasteiger partial charge in [0.25, 0.3) is 0 Å². The van der Waals surface area contributed by atoms with Crippen molar-refractivity contribution in [2.75, 3.05) is 7.05 Å². The van der Waals surface area contributed by atoms with E-state index in [0.29, 0.717) is 0 Å². The molecular weight excluding hydrogens is 326 g/mol. The highest BCUT2D eigenvalue weighted by molar-refractivity contribution is 9.10. The summed E-state index contributed by atoms with van der Waals surface area (Å²) in [4.78, 5) is 0. The molecule has 0 amide bonds. The number of furan rings is 1. The molecule has 3 aromatic rings. The number of nitrogens with one attached hydrogen (secondary N) is 1. The molecule has 1 unspecified atom stereocenters. The van der Waals surface area contributed by atoms with Crippen LogP contribution in [0.5, 0.6) is 0 Å². The first-order valence-electron chi connectivity index (χ1n) is 7.02. The van der Waals surface area contributed by atoms with Crippen LogP contribution in [0.2, 0.25) is 0 Å². The van der Waals surface area contributed by atoms with Crippen molar-refractivity contribution in [3.63, 3.8) is 0 Å². The maximum Gasteiger partial charge on any atom is 0.137 e. The van der Waals surface area contributed by atoms with Gasteiger partial charge in [0.1, 0.15) is 11.3 Å². The molecule has 3 rings (SSSR count). The lowest BCUT2D eigenvalue weighted by molar-refractivity contribution is 0.489. The third-order valence-corrected chi connectivity index (χ3v) is 4.52. The molecule has 0 fully saturated rings. The SMILES string of the molecule is CNC(c1cc2cccc(C)c2o1)c1cc(C)ccc1Br. The van der Waals surface area contributed by atoms with E-state index in [1.165, 1.54) is 11.1 Å². The Morgan fingerprint density at radius 3 is 2.62 bits per heavy atom. The molecule has 1 N–H and O–H groups in total. The predicted molar refractivity (Wildman–Crippen MR) is 90.7 cm³/mol. The standard InChI is InChI=1S/C18H18BrNO/c1-11-7-8-15(19)14(9-11)17(20-3)16-10-13-6-4-5-12(2)18(13)21-16/h4-10,17,20H,1-3H3. The van der Waals surface area contributed by atoms with E-state index < -0.39 is 0 Å². The third-order valence-electron chi connectivity index (χ3n) is 3.80. The van der Waals surface area contributed by atoms with Crippen LogP contribution in [0.4, 0.5) is 0 Å². The normalized spacial score (nSPS) is 12.8. The maximum atomic E-state index is 6.12. The van der Waals surface area contributed by atoms with Crippen molar-refractivity contribution >= 4 is 26.9 Å². The first-order valence-corrected chi connectivity index (χ1v) is 7.82. The van der Waals surface area contributed by atoms with E-state index in [1.807, 2.05) is 7.05 Å². The number of rotatable bonds is 3. The summed E-state index contributed by atoms with van der Waals surface area (Å²) < 4.78 is 7.21. The van der Waals surface area contributed by atoms with Crippen molar-refractivity contribution in [1.29, 1.82) is 0 Å². The van der Waals surface area contributed by atoms with Gasteiger partial charge in [0.15, 0.2) is 0 Å². The second-order valence-corrected chi connectivity index (χ2v) is 6.24. The van der Waals surface area contributed by atoms with Crippen molar-refractivity contribution in [1.82, 2.24) is 5.32 Å². The number of benzene rings is 2. The minimum atomic E-state index is 0.0334. The molecule has 2 aromatic carbocycles. The molecule has 1 atom stereocenters. The predicted octanol–water partition coefficient (Wildman–Crippen LogP) is 5.12. The summed E-state index contributed by atoms with van der Waals surface area (Å²) in [5, 5.41) is 4.51. The van der Waals surface area contributed by atoms with Gasteiger partial charge >= 0.3 is 0 Å². The summed E-state index contributed by atoms with van der Waals surface area (Å²) in [7, 11) is 1.96. The minimum absolute atomic E-state index is 0.0334. The zero-order chi connectivity index (χ0) is 15.0. The number of halogens is 1. The zero-order valence-electron chi connectivity index (χ0n) is 12.4. The van der Waals surface area contributed by atoms with Gasteiger partial charge < -0.3 is 9.73 Å². The van der Waals surface area contributed by atoms with E-state index in [9.17, 15) is 0 Å². The van der Waals surface area contributed by atoms with Crippen LogP contribution in [-0.4, -0.2) is 7.05 Å². The molecule has 0 aliphatic carbocycles. The number of para-hydroxylation sites is 1. The molecule has 108 valence electrons. The van der Waals surface area contributed by atoms with E-state index in [4.69, 9.17) is 4.42 Å². The fraction of sp³-hybridized carbons (Fsp3) is 0.222. The van der Waals surface area contributed by atoms with E-state index in [2.05, 4.69) is 77.6 Å². The van der Waals surface area contributed by atoms with Gasteiger partial charge in [0.05, 0.1) is 6.04 Å². The quantitative estimate of drug-likeness (QED) is 0.713. The van der Waals surface area contributed by atoms with Crippen LogP contribution in [-0.2, 0) is 0 Å². The van der Waals surface area contributed by atoms with Crippen LogP contribution in [0.15, 0.2) is 51.4 Å². The Morgan fingerprint density at radius 2 is 1.90 bits per heavy atom. The average molecular weight is 344 g/mol. The van der Waals surface area contributed by atoms with Gasteiger partial charge in [-0.25, -0.2) is 0 Å². The lowest BCUT2D eigenvalue weighted by atomic mass is 10.0. The van der Waals surface area contributed by atoms with Gasteiger partial charge in [0, 0.05) is 9.86 Å². The first-order chi connectivity index (χ1) is 10.1. The summed E-state index contributed by atoms with van der Waals surface area (Å²) in [6.07, 6.45) is 0. The van der Waals surface area contributed by atoms with Crippen LogP contribution < -0.4 is 5.32 Å². The number of hydrogen-bond donors (Lipinski definition) is 1. The van der Waals surface area contributed by atoms with E-state index in [-0.39, 0.29) is 6.04 Å². The zero-order valence-corrected chi connectivity index (χ0v) is 14.0. The highest BCUT2D eigenvalue weighted by Crippen LogP contribution is 2.33. The van der Waals surface area contributed by atoms with Gasteiger partial charge in [-0.1, -0.05) is 51.8 Å². The summed E-state index contributed by atoms with van der Waals surface area (Å²) in [5.41, 5.74) is 4.56. The lowest BCUT2D eigenvalue weighted by Gasteiger charge is -2.16. The fourth-order valence-corrected chi connectivity index (χ4v) is 3.18. The molecule has 1 aromatic heterocycles. The maximum absolute atomic E-state index is 6.12. The Balaban J connectivity index is 2.13. The summed E-state index contributed by atoms with van der Waals surface area (Å²) in [6, 6.07) is 14.8. The second kappa shape index (κ2) is 5.66. The van der Waals surface area contributed by atoms with Gasteiger partial charge in [-0.3, -0.25) is 0 Å². The molecule has 0 aliphatic heterocycles. The minimum Gasteiger partial charge on any atom is -0.459 e. The summed E-state index contributed by atoms with van der Waals surface area (Å²) in [5.74, 6) is 0.938. The molecule has 21 heavy (non-hydrogen) atoms. The molecule has 0 saturated heterocycles. The van der Waals surface area contributed by atoms with Crippen LogP contribution in [0.3, 0.4) is 0 Å². The highest BCUT2D eigenvalue weighted by atomic mass is 79.9. The highest BCUT2D eigenvalue weighted by Gasteiger charge is 2.19. The van der Waals surface area contributed by atoms with Crippen molar-refractivity contribution in [2.45, 2.75) is 19.9 Å². The molecule has 0 radical (unpaired) electrons. The molecule has 0 aliphatic rings. The molecule has 0 saturated carbocycles. The van der Waals surface area contributed by atoms with Gasteiger partial charge in [-0.2, -0.15) is 0 Å². The largest absolute Gasteiger partial charge is 0.459 e. The smallest absolute Gasteiger partial charge is 0.137 e. The third kappa shape index (κ3) is 2.63. The van der Waals surface area contributed by atoms with Crippen LogP contribution in [0, 0.1) is 13.8 Å². The Morgan fingerprint density at radius 1 is 1.10 bits per heavy atom. The topological polar surface area (TPSA) is 25.2 Å². The van der Waals surface area contributed by atoms with Crippen molar-refractivity contribution in [2.24, 2.45) is 0 Å². The molecule has 1 heterocycles. The lowest BCUT2D eigenvalue weighted by Crippen LogP contribution is -2.17. The van der Waals surface area contributed by atoms with Crippen molar-refractivity contribution < 1.29 is 4.42 Å². The van der Waals surface area contributed by atoms with Gasteiger partial charge in [-0.15, -0.1) is 0 Å². The van der Waals surface area contributed by atoms with E-state index in [0.717, 1.165) is 26.8 Å².